The SMILES string of the molecule is C#CC1CCN(CCCCC(=O)N[C@H](C(=O)N2C[C@H](O)C[C@H]2C(=O)NCc2ccc(-c3scnc3C)cc2)C(C)(C)C)CC1. The molecule has 0 spiro atoms. The number of terminal acetylenes is 1. The van der Waals surface area contributed by atoms with Crippen molar-refractivity contribution in [1.82, 2.24) is 25.4 Å². The van der Waals surface area contributed by atoms with Crippen molar-refractivity contribution in [2.24, 2.45) is 11.3 Å². The molecule has 9 nitrogen and oxygen atoms in total. The van der Waals surface area contributed by atoms with Crippen LogP contribution < -0.4 is 10.6 Å². The summed E-state index contributed by atoms with van der Waals surface area (Å²) in [7, 11) is 0. The van der Waals surface area contributed by atoms with Gasteiger partial charge < -0.3 is 25.5 Å². The van der Waals surface area contributed by atoms with Gasteiger partial charge in [0.2, 0.25) is 17.7 Å². The predicted octanol–water partition coefficient (Wildman–Crippen LogP) is 3.74. The number of likely N-dealkylation sites (tertiary alicyclic amines) is 2. The number of hydrogen-bond acceptors (Lipinski definition) is 7. The van der Waals surface area contributed by atoms with Crippen LogP contribution in [0.5, 0.6) is 0 Å². The maximum atomic E-state index is 13.8. The zero-order valence-electron chi connectivity index (χ0n) is 26.5. The maximum Gasteiger partial charge on any atom is 0.246 e. The summed E-state index contributed by atoms with van der Waals surface area (Å²) in [5, 5.41) is 16.4. The third-order valence-electron chi connectivity index (χ3n) is 8.66. The van der Waals surface area contributed by atoms with Gasteiger partial charge in [-0.05, 0) is 68.8 Å². The van der Waals surface area contributed by atoms with Crippen molar-refractivity contribution in [3.8, 4) is 22.8 Å². The molecular weight excluding hydrogens is 574 g/mol. The Kier molecular flexibility index (Phi) is 11.6. The van der Waals surface area contributed by atoms with E-state index in [1.54, 1.807) is 11.3 Å². The van der Waals surface area contributed by atoms with Crippen LogP contribution in [0.4, 0.5) is 0 Å². The number of nitrogens with one attached hydrogen (secondary N) is 2. The van der Waals surface area contributed by atoms with Gasteiger partial charge in [0.1, 0.15) is 12.1 Å². The first-order valence-electron chi connectivity index (χ1n) is 15.7. The molecule has 0 radical (unpaired) electrons. The highest BCUT2D eigenvalue weighted by Gasteiger charge is 2.44. The van der Waals surface area contributed by atoms with E-state index in [4.69, 9.17) is 6.42 Å². The van der Waals surface area contributed by atoms with Crippen LogP contribution in [0.2, 0.25) is 0 Å². The van der Waals surface area contributed by atoms with E-state index in [2.05, 4.69) is 26.4 Å². The van der Waals surface area contributed by atoms with Crippen LogP contribution in [-0.4, -0.2) is 82.0 Å². The van der Waals surface area contributed by atoms with E-state index in [9.17, 15) is 19.5 Å². The normalized spacial score (nSPS) is 20.2. The highest BCUT2D eigenvalue weighted by atomic mass is 32.1. The Labute approximate surface area is 265 Å². The summed E-state index contributed by atoms with van der Waals surface area (Å²) >= 11 is 1.59. The van der Waals surface area contributed by atoms with Crippen molar-refractivity contribution in [3.63, 3.8) is 0 Å². The molecule has 2 fully saturated rings. The second-order valence-corrected chi connectivity index (χ2v) is 14.0. The Morgan fingerprint density at radius 3 is 2.48 bits per heavy atom. The number of amides is 3. The van der Waals surface area contributed by atoms with Crippen molar-refractivity contribution >= 4 is 29.1 Å². The molecule has 4 rings (SSSR count). The Bertz CT molecular complexity index is 1320. The molecule has 2 aromatic rings. The van der Waals surface area contributed by atoms with Gasteiger partial charge in [0.05, 0.1) is 22.2 Å². The van der Waals surface area contributed by atoms with E-state index >= 15 is 0 Å². The summed E-state index contributed by atoms with van der Waals surface area (Å²) in [6.45, 7) is 11.0. The Balaban J connectivity index is 1.29. The monoisotopic (exact) mass is 621 g/mol. The Morgan fingerprint density at radius 1 is 1.16 bits per heavy atom. The molecule has 2 saturated heterocycles. The number of rotatable bonds is 11. The van der Waals surface area contributed by atoms with Crippen molar-refractivity contribution < 1.29 is 19.5 Å². The minimum Gasteiger partial charge on any atom is -0.391 e. The molecule has 238 valence electrons. The fourth-order valence-electron chi connectivity index (χ4n) is 5.96. The van der Waals surface area contributed by atoms with Crippen LogP contribution in [-0.2, 0) is 20.9 Å². The van der Waals surface area contributed by atoms with Crippen LogP contribution in [0.3, 0.4) is 0 Å². The minimum absolute atomic E-state index is 0.0542. The topological polar surface area (TPSA) is 115 Å². The summed E-state index contributed by atoms with van der Waals surface area (Å²) in [5.41, 5.74) is 4.23. The van der Waals surface area contributed by atoms with Crippen molar-refractivity contribution in [1.29, 1.82) is 0 Å². The van der Waals surface area contributed by atoms with E-state index < -0.39 is 23.6 Å². The van der Waals surface area contributed by atoms with Gasteiger partial charge in [-0.3, -0.25) is 14.4 Å². The highest BCUT2D eigenvalue weighted by molar-refractivity contribution is 7.13. The van der Waals surface area contributed by atoms with Crippen molar-refractivity contribution in [2.45, 2.75) is 91.0 Å². The molecule has 10 heteroatoms. The quantitative estimate of drug-likeness (QED) is 0.260. The largest absolute Gasteiger partial charge is 0.391 e. The van der Waals surface area contributed by atoms with Gasteiger partial charge in [0, 0.05) is 31.8 Å². The van der Waals surface area contributed by atoms with Gasteiger partial charge in [-0.25, -0.2) is 4.98 Å². The first kappa shape index (κ1) is 33.6. The molecule has 1 aromatic carbocycles. The molecule has 0 aliphatic carbocycles. The first-order chi connectivity index (χ1) is 21.0. The summed E-state index contributed by atoms with van der Waals surface area (Å²) in [4.78, 5) is 49.3. The highest BCUT2D eigenvalue weighted by Crippen LogP contribution is 2.28. The number of aromatic nitrogens is 1. The molecule has 0 saturated carbocycles. The lowest BCUT2D eigenvalue weighted by Crippen LogP contribution is -2.57. The van der Waals surface area contributed by atoms with E-state index in [0.717, 1.165) is 67.0 Å². The number of piperidine rings is 1. The average molecular weight is 622 g/mol. The van der Waals surface area contributed by atoms with Gasteiger partial charge in [-0.2, -0.15) is 0 Å². The van der Waals surface area contributed by atoms with Gasteiger partial charge in [0.25, 0.3) is 0 Å². The van der Waals surface area contributed by atoms with E-state index in [1.807, 2.05) is 57.5 Å². The number of nitrogens with zero attached hydrogens (tertiary/aromatic N) is 3. The number of aliphatic hydroxyl groups is 1. The molecule has 0 bridgehead atoms. The predicted molar refractivity (Wildman–Crippen MR) is 173 cm³/mol. The van der Waals surface area contributed by atoms with Crippen LogP contribution in [0.25, 0.3) is 10.4 Å². The molecule has 2 aliphatic heterocycles. The zero-order valence-corrected chi connectivity index (χ0v) is 27.3. The van der Waals surface area contributed by atoms with Crippen LogP contribution in [0.15, 0.2) is 29.8 Å². The van der Waals surface area contributed by atoms with E-state index in [0.29, 0.717) is 18.9 Å². The van der Waals surface area contributed by atoms with Gasteiger partial charge in [-0.15, -0.1) is 23.7 Å². The number of carbonyl (C=O) groups excluding carboxylic acids is 3. The van der Waals surface area contributed by atoms with Gasteiger partial charge >= 0.3 is 0 Å². The second kappa shape index (κ2) is 15.2. The number of aryl methyl sites for hydroxylation is 1. The van der Waals surface area contributed by atoms with Crippen LogP contribution in [0, 0.1) is 30.6 Å². The zero-order chi connectivity index (χ0) is 31.9. The fourth-order valence-corrected chi connectivity index (χ4v) is 6.77. The maximum absolute atomic E-state index is 13.8. The van der Waals surface area contributed by atoms with Gasteiger partial charge in [0.15, 0.2) is 0 Å². The Morgan fingerprint density at radius 2 is 1.86 bits per heavy atom. The lowest BCUT2D eigenvalue weighted by atomic mass is 9.85. The third-order valence-corrected chi connectivity index (χ3v) is 9.64. The van der Waals surface area contributed by atoms with Crippen LogP contribution >= 0.6 is 11.3 Å². The summed E-state index contributed by atoms with van der Waals surface area (Å²) in [6, 6.07) is 6.33. The molecule has 3 N–H and O–H groups in total. The number of aliphatic hydroxyl groups excluding tert-OH is 1. The number of hydrogen-bond donors (Lipinski definition) is 3. The first-order valence-corrected chi connectivity index (χ1v) is 16.6. The molecule has 3 heterocycles. The summed E-state index contributed by atoms with van der Waals surface area (Å²) in [5.74, 6) is 2.39. The van der Waals surface area contributed by atoms with Crippen LogP contribution in [0.1, 0.15) is 70.6 Å². The summed E-state index contributed by atoms with van der Waals surface area (Å²) in [6.07, 6.45) is 8.90. The molecule has 3 amide bonds. The van der Waals surface area contributed by atoms with E-state index in [-0.39, 0.29) is 30.7 Å². The lowest BCUT2D eigenvalue weighted by Gasteiger charge is -2.35. The molecule has 3 atom stereocenters. The number of β-amino-alcohol motifs (C(OH)–C–C–N with tert-alkyl or cyclic N) is 1. The lowest BCUT2D eigenvalue weighted by molar-refractivity contribution is -0.144. The molecule has 1 aromatic heterocycles. The smallest absolute Gasteiger partial charge is 0.246 e. The molecule has 0 unspecified atom stereocenters. The standard InChI is InChI=1S/C34H47N5O4S/c1-6-24-14-17-38(18-15-24)16-8-7-9-29(41)37-31(34(3,4)5)33(43)39-21-27(40)19-28(39)32(42)35-20-25-10-12-26(13-11-25)30-23(2)36-22-44-30/h1,10-13,22,24,27-28,31,40H,7-9,14-21H2,2-5H3,(H,35,42)(H,37,41)/t27-,28+,31-/m1/s1. The number of thiazole rings is 1. The minimum atomic E-state index is -0.818. The molecule has 2 aliphatic rings. The molecular formula is C34H47N5O4S. The number of carbonyl (C=O) groups is 3. The van der Waals surface area contributed by atoms with Gasteiger partial charge in [-0.1, -0.05) is 45.0 Å². The summed E-state index contributed by atoms with van der Waals surface area (Å²) < 4.78 is 0. The van der Waals surface area contributed by atoms with Crippen molar-refractivity contribution in [3.05, 3.63) is 41.0 Å². The number of benzene rings is 1. The average Bonchev–Trinajstić information content (AvgIpc) is 3.61. The second-order valence-electron chi connectivity index (χ2n) is 13.2. The number of unbranched alkanes of at least 4 members (excludes halogenated alkanes) is 1. The van der Waals surface area contributed by atoms with Crippen molar-refractivity contribution in [2.75, 3.05) is 26.2 Å². The molecule has 44 heavy (non-hydrogen) atoms. The third kappa shape index (κ3) is 8.90. The van der Waals surface area contributed by atoms with E-state index in [1.165, 1.54) is 4.90 Å². The fraction of sp³-hybridized carbons (Fsp3) is 0.588. The Hall–Kier alpha value is -3.26.